The number of amides is 4. The molecule has 20 nitrogen and oxygen atoms in total. The number of aryl methyl sites for hydroxylation is 1. The van der Waals surface area contributed by atoms with Gasteiger partial charge in [0, 0.05) is 82.5 Å². The number of nitrogens with zero attached hydrogens (tertiary/aromatic N) is 10. The third-order valence-electron chi connectivity index (χ3n) is 18.4. The predicted octanol–water partition coefficient (Wildman–Crippen LogP) is 7.20. The average Bonchev–Trinajstić information content (AvgIpc) is 2.82. The number of pyridine rings is 1. The summed E-state index contributed by atoms with van der Waals surface area (Å²) in [6.45, 7) is 10.9. The Balaban J connectivity index is 0.639. The number of aromatic nitrogens is 5. The number of piperazine rings is 1. The lowest BCUT2D eigenvalue weighted by Crippen LogP contribution is -2.57. The third kappa shape index (κ3) is 10.1. The van der Waals surface area contributed by atoms with Gasteiger partial charge in [-0.25, -0.2) is 23.2 Å². The minimum atomic E-state index is -0.732. The Hall–Kier alpha value is -7.74. The highest BCUT2D eigenvalue weighted by molar-refractivity contribution is 6.02. The Kier molecular flexibility index (Phi) is 14.3. The summed E-state index contributed by atoms with van der Waals surface area (Å²) in [6, 6.07) is 12.9. The molecule has 7 fully saturated rings. The zero-order chi connectivity index (χ0) is 58.3. The lowest BCUT2D eigenvalue weighted by molar-refractivity contribution is -0.135. The molecule has 7 aliphatic heterocycles. The topological polar surface area (TPSA) is 199 Å². The number of hydrogen-bond donors (Lipinski definition) is 1. The first-order chi connectivity index (χ1) is 40.4. The molecule has 0 saturated carbocycles. The molecule has 3 aromatic carbocycles. The molecular weight excluding hydrogens is 1080 g/mol. The van der Waals surface area contributed by atoms with E-state index in [0.29, 0.717) is 78.6 Å². The monoisotopic (exact) mass is 1150 g/mol. The van der Waals surface area contributed by atoms with Gasteiger partial charge in [-0.1, -0.05) is 36.3 Å². The molecular formula is C62H69F2N11O9. The van der Waals surface area contributed by atoms with Crippen LogP contribution in [-0.2, 0) is 37.4 Å². The maximum atomic E-state index is 17.5. The number of halogens is 2. The highest BCUT2D eigenvalue weighted by atomic mass is 19.1. The first kappa shape index (κ1) is 55.4. The summed E-state index contributed by atoms with van der Waals surface area (Å²) < 4.78 is 60.7. The number of carbonyl (C=O) groups excluding carboxylic acids is 4. The molecule has 0 radical (unpaired) electrons. The molecule has 3 unspecified atom stereocenters. The zero-order valence-electron chi connectivity index (χ0n) is 47.8. The number of anilines is 1. The zero-order valence-corrected chi connectivity index (χ0v) is 47.8. The number of carbonyl (C=O) groups is 4. The minimum absolute atomic E-state index is 0.00696. The van der Waals surface area contributed by atoms with E-state index in [2.05, 4.69) is 30.9 Å². The predicted molar refractivity (Wildman–Crippen MR) is 307 cm³/mol. The van der Waals surface area contributed by atoms with Gasteiger partial charge in [0.1, 0.15) is 47.7 Å². The van der Waals surface area contributed by atoms with Crippen molar-refractivity contribution in [2.24, 2.45) is 7.05 Å². The van der Waals surface area contributed by atoms with Gasteiger partial charge in [-0.3, -0.25) is 43.7 Å². The van der Waals surface area contributed by atoms with Gasteiger partial charge in [0.05, 0.1) is 51.8 Å². The lowest BCUT2D eigenvalue weighted by Gasteiger charge is -2.42. The van der Waals surface area contributed by atoms with Crippen LogP contribution in [0.15, 0.2) is 59.5 Å². The van der Waals surface area contributed by atoms with Crippen molar-refractivity contribution in [1.82, 2.24) is 49.0 Å². The Morgan fingerprint density at radius 1 is 0.881 bits per heavy atom. The van der Waals surface area contributed by atoms with Gasteiger partial charge in [-0.15, -0.1) is 6.42 Å². The van der Waals surface area contributed by atoms with Gasteiger partial charge in [0.2, 0.25) is 11.8 Å². The maximum Gasteiger partial charge on any atom is 0.410 e. The van der Waals surface area contributed by atoms with E-state index in [0.717, 1.165) is 69.2 Å². The molecule has 440 valence electrons. The van der Waals surface area contributed by atoms with Crippen LogP contribution in [0.25, 0.3) is 44.0 Å². The lowest BCUT2D eigenvalue weighted by atomic mass is 9.95. The second-order valence-corrected chi connectivity index (χ2v) is 24.9. The fourth-order valence-corrected chi connectivity index (χ4v) is 14.3. The van der Waals surface area contributed by atoms with Crippen molar-refractivity contribution >= 4 is 62.5 Å². The van der Waals surface area contributed by atoms with E-state index in [1.165, 1.54) is 10.6 Å². The second-order valence-electron chi connectivity index (χ2n) is 24.9. The summed E-state index contributed by atoms with van der Waals surface area (Å²) in [5.74, 6) is 0.780. The van der Waals surface area contributed by atoms with Crippen LogP contribution in [0.1, 0.15) is 102 Å². The van der Waals surface area contributed by atoms with Crippen molar-refractivity contribution in [3.63, 3.8) is 0 Å². The highest BCUT2D eigenvalue weighted by Crippen LogP contribution is 2.44. The number of benzene rings is 3. The van der Waals surface area contributed by atoms with Gasteiger partial charge in [0.25, 0.3) is 0 Å². The van der Waals surface area contributed by atoms with Crippen LogP contribution >= 0.6 is 0 Å². The molecule has 10 heterocycles. The molecule has 4 amide bonds. The van der Waals surface area contributed by atoms with Crippen LogP contribution in [0, 0.1) is 24.0 Å². The van der Waals surface area contributed by atoms with Crippen LogP contribution in [0.3, 0.4) is 0 Å². The Morgan fingerprint density at radius 2 is 1.67 bits per heavy atom. The van der Waals surface area contributed by atoms with Crippen molar-refractivity contribution in [3.05, 3.63) is 88.0 Å². The van der Waals surface area contributed by atoms with E-state index in [-0.39, 0.29) is 108 Å². The fraction of sp³-hybridized carbons (Fsp3) is 0.516. The number of ether oxygens (including phenoxy) is 4. The van der Waals surface area contributed by atoms with Crippen molar-refractivity contribution in [2.45, 2.75) is 139 Å². The Labute approximate surface area is 484 Å². The van der Waals surface area contributed by atoms with Gasteiger partial charge in [0.15, 0.2) is 5.82 Å². The van der Waals surface area contributed by atoms with E-state index in [4.69, 9.17) is 35.3 Å². The van der Waals surface area contributed by atoms with Gasteiger partial charge >= 0.3 is 23.9 Å². The normalized spacial score (nSPS) is 24.2. The number of fused-ring (bicyclic) bond motifs is 6. The standard InChI is InChI=1S/C62H69F2N11O9/c1-6-43-46(63)15-12-37-9-7-10-44(51(37)43)53-52(64)54-45(28-65-53)55(72-30-38-13-14-39(31-72)74(38)60(80)84-61(2,3)4)68-57(67-54)82-35-62-22-8-24-73(62)40(19-23-62)34-81-59(79)71-25-20-41(21-26-71)83-42-32-70(33-42)29-36-11-16-47-49(27-36)69(5)58(78)75(47)48-17-18-50(76)66-56(48)77/h1,7,9-12,15-16,27-28,38-42,48H,8,13-14,17-26,29-35H2,2-5H3,(H,66,76,77)/t38?,39?,40-,48?,62-/m0/s1. The molecule has 5 atom stereocenters. The number of imidazole rings is 1. The largest absolute Gasteiger partial charge is 0.461 e. The summed E-state index contributed by atoms with van der Waals surface area (Å²) in [5.41, 5.74) is 1.36. The molecule has 84 heavy (non-hydrogen) atoms. The van der Waals surface area contributed by atoms with Gasteiger partial charge < -0.3 is 28.7 Å². The van der Waals surface area contributed by atoms with Gasteiger partial charge in [-0.2, -0.15) is 9.97 Å². The van der Waals surface area contributed by atoms with Crippen molar-refractivity contribution < 1.29 is 46.9 Å². The summed E-state index contributed by atoms with van der Waals surface area (Å²) in [4.78, 5) is 89.5. The minimum Gasteiger partial charge on any atom is -0.461 e. The molecule has 7 saturated heterocycles. The van der Waals surface area contributed by atoms with Crippen LogP contribution in [0.4, 0.5) is 24.2 Å². The highest BCUT2D eigenvalue weighted by Gasteiger charge is 2.51. The number of imide groups is 1. The first-order valence-electron chi connectivity index (χ1n) is 29.5. The SMILES string of the molecule is C#Cc1c(F)ccc2cccc(-c3ncc4c(N5CC6CCC(C5)N6C(=O)OC(C)(C)C)nc(OC[C@@]56CCCN5[C@H](COC(=O)N5CCC(OC7CN(Cc8ccc9c(c8)n(C)c(=O)n9C8CCC(=O)NC8=O)C7)CC5)CC6)nc4c3F)c12. The summed E-state index contributed by atoms with van der Waals surface area (Å²) >= 11 is 0. The number of rotatable bonds is 12. The Bertz CT molecular complexity index is 3740. The van der Waals surface area contributed by atoms with Crippen LogP contribution in [0.5, 0.6) is 6.01 Å². The molecule has 3 aromatic heterocycles. The van der Waals surface area contributed by atoms with Gasteiger partial charge in [-0.05, 0) is 114 Å². The van der Waals surface area contributed by atoms with Crippen molar-refractivity contribution in [3.8, 4) is 29.6 Å². The quantitative estimate of drug-likeness (QED) is 0.0953. The summed E-state index contributed by atoms with van der Waals surface area (Å²) in [7, 11) is 1.70. The molecule has 0 aliphatic carbocycles. The first-order valence-corrected chi connectivity index (χ1v) is 29.5. The number of nitrogens with one attached hydrogen (secondary N) is 1. The van der Waals surface area contributed by atoms with E-state index in [9.17, 15) is 24.0 Å². The molecule has 1 N–H and O–H groups in total. The molecule has 6 aromatic rings. The molecule has 7 aliphatic rings. The Morgan fingerprint density at radius 3 is 2.42 bits per heavy atom. The van der Waals surface area contributed by atoms with E-state index >= 15 is 8.78 Å². The second kappa shape index (κ2) is 21.7. The molecule has 2 bridgehead atoms. The van der Waals surface area contributed by atoms with Crippen LogP contribution in [0.2, 0.25) is 0 Å². The number of likely N-dealkylation sites (tertiary alicyclic amines) is 2. The number of hydrogen-bond acceptors (Lipinski definition) is 15. The fourth-order valence-electron chi connectivity index (χ4n) is 14.3. The van der Waals surface area contributed by atoms with E-state index < -0.39 is 29.2 Å². The number of piperidine rings is 2. The maximum absolute atomic E-state index is 17.5. The molecule has 13 rings (SSSR count). The van der Waals surface area contributed by atoms with E-state index in [1.807, 2.05) is 43.9 Å². The van der Waals surface area contributed by atoms with Crippen molar-refractivity contribution in [1.29, 1.82) is 0 Å². The third-order valence-corrected chi connectivity index (χ3v) is 18.4. The smallest absolute Gasteiger partial charge is 0.410 e. The molecule has 0 spiro atoms. The van der Waals surface area contributed by atoms with E-state index in [1.54, 1.807) is 47.0 Å². The average molecular weight is 1150 g/mol. The number of terminal acetylenes is 1. The summed E-state index contributed by atoms with van der Waals surface area (Å²) in [6.07, 6.45) is 13.6. The van der Waals surface area contributed by atoms with Crippen LogP contribution in [-0.4, -0.2) is 168 Å². The summed E-state index contributed by atoms with van der Waals surface area (Å²) in [5, 5.41) is 3.72. The molecule has 22 heteroatoms. The van der Waals surface area contributed by atoms with Crippen molar-refractivity contribution in [2.75, 3.05) is 63.9 Å². The van der Waals surface area contributed by atoms with Crippen LogP contribution < -0.4 is 20.6 Å².